The minimum atomic E-state index is 0.902. The summed E-state index contributed by atoms with van der Waals surface area (Å²) < 4.78 is 8.86. The van der Waals surface area contributed by atoms with Crippen molar-refractivity contribution in [3.63, 3.8) is 0 Å². The SMILES string of the molecule is c1ccc(-c2ccc(N(c3ccc(-c4cccc5c4oc4ccccc45)cc3)c3ccccc3-c3ccc(-c4ccccc4-n4c5ccccc5c5ccccc54)cc3)cc2)cc1. The van der Waals surface area contributed by atoms with Crippen molar-refractivity contribution in [2.24, 2.45) is 0 Å². The molecule has 296 valence electrons. The molecule has 63 heavy (non-hydrogen) atoms. The van der Waals surface area contributed by atoms with Gasteiger partial charge >= 0.3 is 0 Å². The van der Waals surface area contributed by atoms with Crippen molar-refractivity contribution in [2.75, 3.05) is 4.90 Å². The van der Waals surface area contributed by atoms with E-state index in [2.05, 4.69) is 240 Å². The van der Waals surface area contributed by atoms with E-state index in [9.17, 15) is 0 Å². The van der Waals surface area contributed by atoms with Crippen molar-refractivity contribution < 1.29 is 4.42 Å². The molecule has 0 saturated heterocycles. The maximum atomic E-state index is 6.45. The summed E-state index contributed by atoms with van der Waals surface area (Å²) in [5.74, 6) is 0. The van der Waals surface area contributed by atoms with E-state index in [1.807, 2.05) is 12.1 Å². The van der Waals surface area contributed by atoms with Crippen LogP contribution in [0.2, 0.25) is 0 Å². The predicted molar refractivity (Wildman–Crippen MR) is 264 cm³/mol. The van der Waals surface area contributed by atoms with Crippen LogP contribution in [0.3, 0.4) is 0 Å². The van der Waals surface area contributed by atoms with E-state index >= 15 is 0 Å². The van der Waals surface area contributed by atoms with Gasteiger partial charge in [-0.25, -0.2) is 0 Å². The number of hydrogen-bond donors (Lipinski definition) is 0. The van der Waals surface area contributed by atoms with Crippen LogP contribution in [0.1, 0.15) is 0 Å². The largest absolute Gasteiger partial charge is 0.455 e. The molecule has 0 N–H and O–H groups in total. The van der Waals surface area contributed by atoms with Gasteiger partial charge in [-0.2, -0.15) is 0 Å². The smallest absolute Gasteiger partial charge is 0.143 e. The van der Waals surface area contributed by atoms with Crippen molar-refractivity contribution in [2.45, 2.75) is 0 Å². The minimum absolute atomic E-state index is 0.902. The lowest BCUT2D eigenvalue weighted by molar-refractivity contribution is 0.670. The van der Waals surface area contributed by atoms with Crippen molar-refractivity contribution in [3.8, 4) is 50.2 Å². The maximum absolute atomic E-state index is 6.45. The lowest BCUT2D eigenvalue weighted by atomic mass is 9.97. The van der Waals surface area contributed by atoms with Gasteiger partial charge in [-0.1, -0.05) is 188 Å². The zero-order valence-electron chi connectivity index (χ0n) is 34.4. The first kappa shape index (κ1) is 36.5. The zero-order valence-corrected chi connectivity index (χ0v) is 34.4. The van der Waals surface area contributed by atoms with Crippen LogP contribution in [-0.2, 0) is 0 Å². The molecule has 2 aromatic heterocycles. The normalized spacial score (nSPS) is 11.5. The number of para-hydroxylation sites is 6. The number of fused-ring (bicyclic) bond motifs is 6. The molecule has 0 amide bonds. The van der Waals surface area contributed by atoms with E-state index in [-0.39, 0.29) is 0 Å². The summed E-state index contributed by atoms with van der Waals surface area (Å²) in [5.41, 5.74) is 17.8. The number of hydrogen-bond acceptors (Lipinski definition) is 2. The Kier molecular flexibility index (Phi) is 8.83. The maximum Gasteiger partial charge on any atom is 0.143 e. The number of nitrogens with zero attached hydrogens (tertiary/aromatic N) is 2. The lowest BCUT2D eigenvalue weighted by Gasteiger charge is -2.28. The molecular weight excluding hydrogens is 765 g/mol. The fourth-order valence-corrected chi connectivity index (χ4v) is 9.46. The molecule has 10 aromatic carbocycles. The third-order valence-electron chi connectivity index (χ3n) is 12.5. The highest BCUT2D eigenvalue weighted by molar-refractivity contribution is 6.11. The summed E-state index contributed by atoms with van der Waals surface area (Å²) in [4.78, 5) is 2.38. The van der Waals surface area contributed by atoms with Crippen molar-refractivity contribution >= 4 is 60.8 Å². The van der Waals surface area contributed by atoms with Crippen molar-refractivity contribution in [1.82, 2.24) is 4.57 Å². The Morgan fingerprint density at radius 1 is 0.302 bits per heavy atom. The fourth-order valence-electron chi connectivity index (χ4n) is 9.46. The van der Waals surface area contributed by atoms with E-state index < -0.39 is 0 Å². The molecule has 0 bridgehead atoms. The molecule has 2 heterocycles. The highest BCUT2D eigenvalue weighted by Crippen LogP contribution is 2.44. The van der Waals surface area contributed by atoms with Gasteiger partial charge in [0.15, 0.2) is 0 Å². The summed E-state index contributed by atoms with van der Waals surface area (Å²) in [5, 5.41) is 4.77. The summed E-state index contributed by atoms with van der Waals surface area (Å²) in [6.07, 6.45) is 0. The van der Waals surface area contributed by atoms with Crippen molar-refractivity contribution in [3.05, 3.63) is 243 Å². The topological polar surface area (TPSA) is 21.3 Å². The van der Waals surface area contributed by atoms with Crippen LogP contribution in [0, 0.1) is 0 Å². The van der Waals surface area contributed by atoms with Crippen LogP contribution < -0.4 is 4.90 Å². The minimum Gasteiger partial charge on any atom is -0.455 e. The summed E-state index contributed by atoms with van der Waals surface area (Å²) in [7, 11) is 0. The molecule has 0 aliphatic rings. The average molecular weight is 805 g/mol. The number of benzene rings is 10. The van der Waals surface area contributed by atoms with Crippen molar-refractivity contribution in [1.29, 1.82) is 0 Å². The van der Waals surface area contributed by atoms with Crippen LogP contribution in [0.25, 0.3) is 93.9 Å². The Labute approximate surface area is 366 Å². The predicted octanol–water partition coefficient (Wildman–Crippen LogP) is 16.8. The highest BCUT2D eigenvalue weighted by atomic mass is 16.3. The van der Waals surface area contributed by atoms with Gasteiger partial charge in [0.25, 0.3) is 0 Å². The molecule has 0 unspecified atom stereocenters. The second-order valence-corrected chi connectivity index (χ2v) is 16.1. The molecule has 0 aliphatic carbocycles. The Balaban J connectivity index is 0.952. The van der Waals surface area contributed by atoms with Gasteiger partial charge in [-0.3, -0.25) is 0 Å². The molecule has 12 aromatic rings. The van der Waals surface area contributed by atoms with E-state index in [0.717, 1.165) is 72.5 Å². The van der Waals surface area contributed by atoms with Crippen LogP contribution in [0.4, 0.5) is 17.1 Å². The van der Waals surface area contributed by atoms with Gasteiger partial charge in [0.1, 0.15) is 11.2 Å². The summed E-state index contributed by atoms with van der Waals surface area (Å²) in [6, 6.07) is 87.0. The van der Waals surface area contributed by atoms with Gasteiger partial charge in [-0.15, -0.1) is 0 Å². The van der Waals surface area contributed by atoms with E-state index in [1.54, 1.807) is 0 Å². The molecule has 0 atom stereocenters. The summed E-state index contributed by atoms with van der Waals surface area (Å²) >= 11 is 0. The highest BCUT2D eigenvalue weighted by Gasteiger charge is 2.20. The molecule has 0 radical (unpaired) electrons. The monoisotopic (exact) mass is 804 g/mol. The Bertz CT molecular complexity index is 3550. The Morgan fingerprint density at radius 3 is 1.46 bits per heavy atom. The van der Waals surface area contributed by atoms with Crippen LogP contribution >= 0.6 is 0 Å². The number of rotatable bonds is 8. The number of furan rings is 1. The second-order valence-electron chi connectivity index (χ2n) is 16.1. The zero-order chi connectivity index (χ0) is 41.7. The Hall–Kier alpha value is -8.40. The van der Waals surface area contributed by atoms with Crippen LogP contribution in [0.15, 0.2) is 247 Å². The third kappa shape index (κ3) is 6.29. The molecule has 0 fully saturated rings. The van der Waals surface area contributed by atoms with E-state index in [1.165, 1.54) is 38.5 Å². The van der Waals surface area contributed by atoms with Gasteiger partial charge in [0.05, 0.1) is 22.4 Å². The van der Waals surface area contributed by atoms with Gasteiger partial charge in [-0.05, 0) is 82.4 Å². The van der Waals surface area contributed by atoms with Crippen LogP contribution in [0.5, 0.6) is 0 Å². The number of anilines is 3. The molecule has 3 nitrogen and oxygen atoms in total. The first-order valence-corrected chi connectivity index (χ1v) is 21.5. The quantitative estimate of drug-likeness (QED) is 0.153. The lowest BCUT2D eigenvalue weighted by Crippen LogP contribution is -2.11. The first-order valence-electron chi connectivity index (χ1n) is 21.5. The second kappa shape index (κ2) is 15.3. The fraction of sp³-hybridized carbons (Fsp3) is 0. The van der Waals surface area contributed by atoms with E-state index in [0.29, 0.717) is 0 Å². The average Bonchev–Trinajstić information content (AvgIpc) is 3.91. The molecule has 0 saturated carbocycles. The number of aromatic nitrogens is 1. The standard InChI is InChI=1S/C60H40N2O/c1-2-15-41(16-3-1)42-33-37-46(38-34-42)61(47-39-35-45(36-40-47)50-22-14-23-54-53-21-8-13-28-59(53)63-60(50)54)55-24-9-4-17-48(55)43-29-31-44(32-30-43)49-18-5-10-25-56(49)62-57-26-11-6-19-51(57)52-20-7-12-27-58(52)62/h1-40H. The van der Waals surface area contributed by atoms with E-state index in [4.69, 9.17) is 4.42 Å². The van der Waals surface area contributed by atoms with Crippen LogP contribution in [-0.4, -0.2) is 4.57 Å². The molecule has 0 spiro atoms. The summed E-state index contributed by atoms with van der Waals surface area (Å²) in [6.45, 7) is 0. The first-order chi connectivity index (χ1) is 31.3. The van der Waals surface area contributed by atoms with Gasteiger partial charge in [0, 0.05) is 49.6 Å². The molecule has 12 rings (SSSR count). The van der Waals surface area contributed by atoms with Gasteiger partial charge < -0.3 is 13.9 Å². The molecule has 3 heteroatoms. The third-order valence-corrected chi connectivity index (χ3v) is 12.5. The molecule has 0 aliphatic heterocycles. The Morgan fingerprint density at radius 2 is 0.762 bits per heavy atom. The van der Waals surface area contributed by atoms with Gasteiger partial charge in [0.2, 0.25) is 0 Å². The molecular formula is C60H40N2O.